The summed E-state index contributed by atoms with van der Waals surface area (Å²) >= 11 is 2.55. The quantitative estimate of drug-likeness (QED) is 0.414. The second-order valence-corrected chi connectivity index (χ2v) is 11.2. The fourth-order valence-corrected chi connectivity index (χ4v) is 5.10. The molecule has 0 amide bonds. The summed E-state index contributed by atoms with van der Waals surface area (Å²) in [4.78, 5) is 33.5. The summed E-state index contributed by atoms with van der Waals surface area (Å²) in [6.45, 7) is 11.8. The number of carboxylic acid groups (broad SMARTS) is 1. The molecule has 2 N–H and O–H groups in total. The number of aromatic nitrogens is 2. The Morgan fingerprint density at radius 3 is 2.31 bits per heavy atom. The lowest BCUT2D eigenvalue weighted by atomic mass is 9.86. The molecule has 0 fully saturated rings. The third-order valence-electron chi connectivity index (χ3n) is 4.84. The van der Waals surface area contributed by atoms with Crippen LogP contribution in [0.4, 0.5) is 0 Å². The number of benzene rings is 1. The summed E-state index contributed by atoms with van der Waals surface area (Å²) in [5.74, 6) is -0.953. The van der Waals surface area contributed by atoms with Gasteiger partial charge in [0.05, 0.1) is 5.39 Å². The van der Waals surface area contributed by atoms with E-state index in [1.165, 1.54) is 16.9 Å². The molecule has 1 aromatic carbocycles. The van der Waals surface area contributed by atoms with E-state index in [-0.39, 0.29) is 11.0 Å². The van der Waals surface area contributed by atoms with Gasteiger partial charge in [-0.3, -0.25) is 9.59 Å². The van der Waals surface area contributed by atoms with Crippen LogP contribution in [0.2, 0.25) is 0 Å². The molecule has 154 valence electrons. The van der Waals surface area contributed by atoms with Crippen molar-refractivity contribution in [3.63, 3.8) is 0 Å². The zero-order valence-electron chi connectivity index (χ0n) is 17.5. The molecule has 0 saturated carbocycles. The molecule has 5 nitrogen and oxygen atoms in total. The lowest BCUT2D eigenvalue weighted by Gasteiger charge is -2.19. The van der Waals surface area contributed by atoms with E-state index < -0.39 is 10.7 Å². The summed E-state index contributed by atoms with van der Waals surface area (Å²) in [6, 6.07) is 8.35. The first kappa shape index (κ1) is 21.6. The summed E-state index contributed by atoms with van der Waals surface area (Å²) in [6.07, 6.45) is 0.792. The van der Waals surface area contributed by atoms with E-state index >= 15 is 0 Å². The molecular formula is C22H26N2O3S2. The number of aryl methyl sites for hydroxylation is 1. The lowest BCUT2D eigenvalue weighted by Crippen LogP contribution is -2.27. The molecule has 0 unspecified atom stereocenters. The number of thiophene rings is 1. The van der Waals surface area contributed by atoms with Gasteiger partial charge in [0, 0.05) is 10.4 Å². The molecule has 0 spiro atoms. The minimum atomic E-state index is -1.08. The molecule has 3 aromatic rings. The molecule has 29 heavy (non-hydrogen) atoms. The minimum Gasteiger partial charge on any atom is -0.480 e. The van der Waals surface area contributed by atoms with Crippen LogP contribution >= 0.6 is 23.1 Å². The van der Waals surface area contributed by atoms with Crippen molar-refractivity contribution >= 4 is 39.3 Å². The van der Waals surface area contributed by atoms with Gasteiger partial charge in [-0.05, 0) is 36.8 Å². The first-order valence-electron chi connectivity index (χ1n) is 9.53. The number of carboxylic acids is 1. The molecule has 0 bridgehead atoms. The van der Waals surface area contributed by atoms with Gasteiger partial charge in [0.2, 0.25) is 0 Å². The highest BCUT2D eigenvalue weighted by Gasteiger charge is 2.30. The van der Waals surface area contributed by atoms with Crippen molar-refractivity contribution < 1.29 is 9.90 Å². The fourth-order valence-electron chi connectivity index (χ4n) is 3.06. The fraction of sp³-hybridized carbons (Fsp3) is 0.409. The van der Waals surface area contributed by atoms with Crippen molar-refractivity contribution in [3.8, 4) is 11.1 Å². The van der Waals surface area contributed by atoms with Crippen molar-refractivity contribution in [1.82, 2.24) is 9.97 Å². The molecule has 3 rings (SSSR count). The summed E-state index contributed by atoms with van der Waals surface area (Å²) < 4.78 is -1.08. The van der Waals surface area contributed by atoms with Gasteiger partial charge in [-0.2, -0.15) is 0 Å². The lowest BCUT2D eigenvalue weighted by molar-refractivity contribution is -0.138. The Kier molecular flexibility index (Phi) is 5.66. The first-order valence-corrected chi connectivity index (χ1v) is 11.2. The number of thioether (sulfide) groups is 1. The predicted molar refractivity (Wildman–Crippen MR) is 121 cm³/mol. The van der Waals surface area contributed by atoms with Crippen LogP contribution in [0, 0.1) is 0 Å². The third kappa shape index (κ3) is 4.26. The highest BCUT2D eigenvalue weighted by atomic mass is 32.2. The number of hydrogen-bond acceptors (Lipinski definition) is 5. The first-order chi connectivity index (χ1) is 13.4. The highest BCUT2D eigenvalue weighted by Crippen LogP contribution is 2.39. The summed E-state index contributed by atoms with van der Waals surface area (Å²) in [5, 5.41) is 10.3. The van der Waals surface area contributed by atoms with E-state index in [0.29, 0.717) is 15.4 Å². The van der Waals surface area contributed by atoms with Gasteiger partial charge in [0.25, 0.3) is 5.56 Å². The van der Waals surface area contributed by atoms with Gasteiger partial charge in [0.1, 0.15) is 9.58 Å². The number of aromatic amines is 1. The number of fused-ring (bicyclic) bond motifs is 1. The van der Waals surface area contributed by atoms with Gasteiger partial charge >= 0.3 is 5.97 Å². The van der Waals surface area contributed by atoms with Crippen LogP contribution in [0.3, 0.4) is 0 Å². The zero-order valence-corrected chi connectivity index (χ0v) is 19.2. The average Bonchev–Trinajstić information content (AvgIpc) is 2.99. The second-order valence-electron chi connectivity index (χ2n) is 8.55. The molecule has 0 aliphatic heterocycles. The molecule has 2 aromatic heterocycles. The smallest absolute Gasteiger partial charge is 0.319 e. The third-order valence-corrected chi connectivity index (χ3v) is 7.14. The van der Waals surface area contributed by atoms with Crippen molar-refractivity contribution in [2.75, 3.05) is 0 Å². The minimum absolute atomic E-state index is 0.0604. The molecule has 7 heteroatoms. The van der Waals surface area contributed by atoms with Crippen molar-refractivity contribution in [2.24, 2.45) is 0 Å². The SMILES string of the molecule is CCc1sc2nc(SC(C)(C)C(=O)O)[nH]c(=O)c2c1-c1ccc(C(C)(C)C)cc1. The molecule has 2 heterocycles. The number of carbonyl (C=O) groups is 1. The van der Waals surface area contributed by atoms with E-state index in [9.17, 15) is 14.7 Å². The number of hydrogen-bond donors (Lipinski definition) is 2. The standard InChI is InChI=1S/C22H26N2O3S2/c1-7-14-15(12-8-10-13(11-9-12)21(2,3)4)16-17(25)23-20(24-18(16)28-14)29-22(5,6)19(26)27/h8-11H,7H2,1-6H3,(H,26,27)(H,23,24,25). The second kappa shape index (κ2) is 7.61. The largest absolute Gasteiger partial charge is 0.480 e. The van der Waals surface area contributed by atoms with Crippen molar-refractivity contribution in [2.45, 2.75) is 63.3 Å². The molecule has 0 aliphatic rings. The van der Waals surface area contributed by atoms with E-state index in [4.69, 9.17) is 0 Å². The Bertz CT molecular complexity index is 1120. The van der Waals surface area contributed by atoms with E-state index in [2.05, 4.69) is 61.9 Å². The van der Waals surface area contributed by atoms with Crippen LogP contribution in [0.25, 0.3) is 21.3 Å². The van der Waals surface area contributed by atoms with Gasteiger partial charge in [0.15, 0.2) is 5.16 Å². The zero-order chi connectivity index (χ0) is 21.6. The Morgan fingerprint density at radius 2 is 1.79 bits per heavy atom. The Morgan fingerprint density at radius 1 is 1.17 bits per heavy atom. The van der Waals surface area contributed by atoms with Gasteiger partial charge in [-0.25, -0.2) is 4.98 Å². The van der Waals surface area contributed by atoms with Crippen LogP contribution in [-0.2, 0) is 16.6 Å². The summed E-state index contributed by atoms with van der Waals surface area (Å²) in [5.41, 5.74) is 2.99. The maximum atomic E-state index is 13.0. The predicted octanol–water partition coefficient (Wildman–Crippen LogP) is 5.47. The van der Waals surface area contributed by atoms with Gasteiger partial charge in [-0.15, -0.1) is 11.3 Å². The van der Waals surface area contributed by atoms with Crippen LogP contribution in [0.1, 0.15) is 52.0 Å². The molecular weight excluding hydrogens is 404 g/mol. The molecule has 0 aliphatic carbocycles. The van der Waals surface area contributed by atoms with Gasteiger partial charge in [-0.1, -0.05) is 63.7 Å². The average molecular weight is 431 g/mol. The van der Waals surface area contributed by atoms with E-state index in [0.717, 1.165) is 34.2 Å². The van der Waals surface area contributed by atoms with E-state index in [1.807, 2.05) is 0 Å². The van der Waals surface area contributed by atoms with Crippen LogP contribution in [0.15, 0.2) is 34.2 Å². The van der Waals surface area contributed by atoms with Crippen molar-refractivity contribution in [1.29, 1.82) is 0 Å². The number of rotatable bonds is 5. The number of nitrogens with zero attached hydrogens (tertiary/aromatic N) is 1. The van der Waals surface area contributed by atoms with Crippen LogP contribution in [0.5, 0.6) is 0 Å². The van der Waals surface area contributed by atoms with Crippen LogP contribution < -0.4 is 5.56 Å². The van der Waals surface area contributed by atoms with Crippen LogP contribution in [-0.4, -0.2) is 25.8 Å². The summed E-state index contributed by atoms with van der Waals surface area (Å²) in [7, 11) is 0. The maximum Gasteiger partial charge on any atom is 0.319 e. The number of nitrogens with one attached hydrogen (secondary N) is 1. The van der Waals surface area contributed by atoms with Crippen molar-refractivity contribution in [3.05, 3.63) is 45.1 Å². The topological polar surface area (TPSA) is 83.0 Å². The maximum absolute atomic E-state index is 13.0. The normalized spacial score (nSPS) is 12.5. The molecule has 0 atom stereocenters. The van der Waals surface area contributed by atoms with Gasteiger partial charge < -0.3 is 10.1 Å². The Hall–Kier alpha value is -2.12. The number of aliphatic carboxylic acids is 1. The monoisotopic (exact) mass is 430 g/mol. The molecule has 0 radical (unpaired) electrons. The number of H-pyrrole nitrogens is 1. The van der Waals surface area contributed by atoms with E-state index in [1.54, 1.807) is 13.8 Å². The Balaban J connectivity index is 2.14. The Labute approximate surface area is 178 Å². The molecule has 0 saturated heterocycles. The highest BCUT2D eigenvalue weighted by molar-refractivity contribution is 8.01.